The van der Waals surface area contributed by atoms with Gasteiger partial charge in [0.2, 0.25) is 0 Å². The fraction of sp³-hybridized carbons (Fsp3) is 0.385. The van der Waals surface area contributed by atoms with Gasteiger partial charge in [0.15, 0.2) is 0 Å². The van der Waals surface area contributed by atoms with Gasteiger partial charge in [0.05, 0.1) is 4.92 Å². The molecule has 108 valence electrons. The lowest BCUT2D eigenvalue weighted by Crippen LogP contribution is -2.44. The van der Waals surface area contributed by atoms with Crippen molar-refractivity contribution in [3.63, 3.8) is 0 Å². The summed E-state index contributed by atoms with van der Waals surface area (Å²) in [6, 6.07) is 3.08. The lowest BCUT2D eigenvalue weighted by atomic mass is 10.0. The zero-order valence-electron chi connectivity index (χ0n) is 11.4. The van der Waals surface area contributed by atoms with Gasteiger partial charge in [0.1, 0.15) is 6.04 Å². The molecule has 0 spiro atoms. The van der Waals surface area contributed by atoms with Gasteiger partial charge in [-0.15, -0.1) is 0 Å². The SMILES string of the molecule is Cc1c(C(=O)NC(C(=O)O)C(C)C)cccc1[N+](=O)[O-]. The number of nitro groups is 1. The Balaban J connectivity index is 3.07. The van der Waals surface area contributed by atoms with E-state index in [1.807, 2.05) is 0 Å². The van der Waals surface area contributed by atoms with Crippen molar-refractivity contribution in [1.82, 2.24) is 5.32 Å². The molecule has 1 unspecified atom stereocenters. The van der Waals surface area contributed by atoms with Crippen LogP contribution in [0, 0.1) is 23.0 Å². The fourth-order valence-corrected chi connectivity index (χ4v) is 1.80. The first-order valence-corrected chi connectivity index (χ1v) is 6.03. The van der Waals surface area contributed by atoms with E-state index >= 15 is 0 Å². The van der Waals surface area contributed by atoms with E-state index in [-0.39, 0.29) is 22.7 Å². The molecular weight excluding hydrogens is 264 g/mol. The number of amides is 1. The molecular formula is C13H16N2O5. The van der Waals surface area contributed by atoms with E-state index in [1.165, 1.54) is 25.1 Å². The van der Waals surface area contributed by atoms with Crippen LogP contribution in [0.1, 0.15) is 29.8 Å². The number of aliphatic carboxylic acids is 1. The van der Waals surface area contributed by atoms with Crippen LogP contribution >= 0.6 is 0 Å². The van der Waals surface area contributed by atoms with E-state index < -0.39 is 22.8 Å². The van der Waals surface area contributed by atoms with Gasteiger partial charge in [0.25, 0.3) is 11.6 Å². The maximum atomic E-state index is 12.1. The molecule has 2 N–H and O–H groups in total. The molecule has 0 aliphatic heterocycles. The summed E-state index contributed by atoms with van der Waals surface area (Å²) < 4.78 is 0. The van der Waals surface area contributed by atoms with Crippen LogP contribution in [0.15, 0.2) is 18.2 Å². The third-order valence-corrected chi connectivity index (χ3v) is 2.97. The van der Waals surface area contributed by atoms with Crippen molar-refractivity contribution >= 4 is 17.6 Å². The van der Waals surface area contributed by atoms with E-state index in [0.717, 1.165) is 0 Å². The number of nitrogens with zero attached hydrogens (tertiary/aromatic N) is 1. The number of rotatable bonds is 5. The van der Waals surface area contributed by atoms with Crippen LogP contribution in [0.2, 0.25) is 0 Å². The summed E-state index contributed by atoms with van der Waals surface area (Å²) in [5, 5.41) is 22.2. The number of nitro benzene ring substituents is 1. The zero-order valence-corrected chi connectivity index (χ0v) is 11.4. The number of nitrogens with one attached hydrogen (secondary N) is 1. The maximum Gasteiger partial charge on any atom is 0.326 e. The van der Waals surface area contributed by atoms with Crippen molar-refractivity contribution in [3.8, 4) is 0 Å². The topological polar surface area (TPSA) is 110 Å². The monoisotopic (exact) mass is 280 g/mol. The minimum Gasteiger partial charge on any atom is -0.480 e. The van der Waals surface area contributed by atoms with E-state index in [1.54, 1.807) is 13.8 Å². The molecule has 0 saturated heterocycles. The first-order chi connectivity index (χ1) is 9.25. The van der Waals surface area contributed by atoms with Gasteiger partial charge in [-0.2, -0.15) is 0 Å². The van der Waals surface area contributed by atoms with E-state index in [0.29, 0.717) is 0 Å². The maximum absolute atomic E-state index is 12.1. The van der Waals surface area contributed by atoms with Crippen LogP contribution in [-0.4, -0.2) is 27.9 Å². The Morgan fingerprint density at radius 3 is 2.40 bits per heavy atom. The third-order valence-electron chi connectivity index (χ3n) is 2.97. The second kappa shape index (κ2) is 6.14. The van der Waals surface area contributed by atoms with Crippen molar-refractivity contribution in [2.75, 3.05) is 0 Å². The Bertz CT molecular complexity index is 554. The molecule has 0 aliphatic rings. The largest absolute Gasteiger partial charge is 0.480 e. The Labute approximate surface area is 115 Å². The van der Waals surface area contributed by atoms with Gasteiger partial charge in [-0.25, -0.2) is 4.79 Å². The molecule has 0 fully saturated rings. The Morgan fingerprint density at radius 2 is 1.95 bits per heavy atom. The van der Waals surface area contributed by atoms with Gasteiger partial charge >= 0.3 is 5.97 Å². The summed E-state index contributed by atoms with van der Waals surface area (Å²) in [4.78, 5) is 33.3. The number of benzene rings is 1. The molecule has 1 aromatic carbocycles. The first kappa shape index (κ1) is 15.6. The summed E-state index contributed by atoms with van der Waals surface area (Å²) in [7, 11) is 0. The minimum absolute atomic E-state index is 0.103. The van der Waals surface area contributed by atoms with Crippen molar-refractivity contribution in [3.05, 3.63) is 39.4 Å². The predicted molar refractivity (Wildman–Crippen MR) is 71.6 cm³/mol. The molecule has 20 heavy (non-hydrogen) atoms. The number of hydrogen-bond donors (Lipinski definition) is 2. The highest BCUT2D eigenvalue weighted by molar-refractivity contribution is 5.98. The second-order valence-corrected chi connectivity index (χ2v) is 4.74. The standard InChI is InChI=1S/C13H16N2O5/c1-7(2)11(13(17)18)14-12(16)9-5-4-6-10(8(9)3)15(19)20/h4-7,11H,1-3H3,(H,14,16)(H,17,18). The molecule has 0 bridgehead atoms. The van der Waals surface area contributed by atoms with Gasteiger partial charge in [-0.1, -0.05) is 19.9 Å². The van der Waals surface area contributed by atoms with Gasteiger partial charge in [-0.05, 0) is 18.9 Å². The van der Waals surface area contributed by atoms with Crippen LogP contribution < -0.4 is 5.32 Å². The summed E-state index contributed by atoms with van der Waals surface area (Å²) in [5.41, 5.74) is 0.142. The molecule has 0 aromatic heterocycles. The van der Waals surface area contributed by atoms with Crippen LogP contribution in [-0.2, 0) is 4.79 Å². The zero-order chi connectivity index (χ0) is 15.4. The highest BCUT2D eigenvalue weighted by Gasteiger charge is 2.26. The fourth-order valence-electron chi connectivity index (χ4n) is 1.80. The molecule has 1 aromatic rings. The van der Waals surface area contributed by atoms with Crippen LogP contribution in [0.3, 0.4) is 0 Å². The van der Waals surface area contributed by atoms with Crippen molar-refractivity contribution in [1.29, 1.82) is 0 Å². The third kappa shape index (κ3) is 3.31. The normalized spacial score (nSPS) is 12.0. The number of carbonyl (C=O) groups excluding carboxylic acids is 1. The second-order valence-electron chi connectivity index (χ2n) is 4.74. The van der Waals surface area contributed by atoms with E-state index in [4.69, 9.17) is 5.11 Å². The predicted octanol–water partition coefficient (Wildman–Crippen LogP) is 1.74. The van der Waals surface area contributed by atoms with Crippen molar-refractivity contribution in [2.24, 2.45) is 5.92 Å². The lowest BCUT2D eigenvalue weighted by molar-refractivity contribution is -0.385. The molecule has 1 amide bonds. The van der Waals surface area contributed by atoms with Gasteiger partial charge in [-0.3, -0.25) is 14.9 Å². The number of carbonyl (C=O) groups is 2. The summed E-state index contributed by atoms with van der Waals surface area (Å²) >= 11 is 0. The van der Waals surface area contributed by atoms with Crippen LogP contribution in [0.25, 0.3) is 0 Å². The van der Waals surface area contributed by atoms with Gasteiger partial charge in [0, 0.05) is 17.2 Å². The average molecular weight is 280 g/mol. The van der Waals surface area contributed by atoms with Gasteiger partial charge < -0.3 is 10.4 Å². The Kier molecular flexibility index (Phi) is 4.79. The molecule has 0 saturated carbocycles. The summed E-state index contributed by atoms with van der Waals surface area (Å²) in [6.45, 7) is 4.79. The highest BCUT2D eigenvalue weighted by Crippen LogP contribution is 2.21. The van der Waals surface area contributed by atoms with Crippen molar-refractivity contribution < 1.29 is 19.6 Å². The summed E-state index contributed by atoms with van der Waals surface area (Å²) in [5.74, 6) is -2.07. The summed E-state index contributed by atoms with van der Waals surface area (Å²) in [6.07, 6.45) is 0. The van der Waals surface area contributed by atoms with Crippen LogP contribution in [0.5, 0.6) is 0 Å². The first-order valence-electron chi connectivity index (χ1n) is 6.03. The molecule has 1 rings (SSSR count). The van der Waals surface area contributed by atoms with E-state index in [9.17, 15) is 19.7 Å². The van der Waals surface area contributed by atoms with E-state index in [2.05, 4.69) is 5.32 Å². The Hall–Kier alpha value is -2.44. The van der Waals surface area contributed by atoms with Crippen molar-refractivity contribution in [2.45, 2.75) is 26.8 Å². The highest BCUT2D eigenvalue weighted by atomic mass is 16.6. The van der Waals surface area contributed by atoms with Crippen LogP contribution in [0.4, 0.5) is 5.69 Å². The molecule has 1 atom stereocenters. The molecule has 0 radical (unpaired) electrons. The molecule has 0 aliphatic carbocycles. The number of hydrogen-bond acceptors (Lipinski definition) is 4. The quantitative estimate of drug-likeness (QED) is 0.630. The molecule has 0 heterocycles. The Morgan fingerprint density at radius 1 is 1.35 bits per heavy atom. The molecule has 7 nitrogen and oxygen atoms in total. The minimum atomic E-state index is -1.14. The number of carboxylic acid groups (broad SMARTS) is 1. The lowest BCUT2D eigenvalue weighted by Gasteiger charge is -2.18. The molecule has 7 heteroatoms. The average Bonchev–Trinajstić information content (AvgIpc) is 2.34. The number of carboxylic acids is 1. The smallest absolute Gasteiger partial charge is 0.326 e.